The first-order valence-electron chi connectivity index (χ1n) is 13.1. The summed E-state index contributed by atoms with van der Waals surface area (Å²) in [5, 5.41) is 25.2. The van der Waals surface area contributed by atoms with Crippen molar-refractivity contribution in [3.8, 4) is 6.07 Å². The van der Waals surface area contributed by atoms with Crippen molar-refractivity contribution < 1.29 is 14.6 Å². The molecule has 4 fully saturated rings. The highest BCUT2D eigenvalue weighted by Crippen LogP contribution is 2.61. The number of nitriles is 1. The number of benzene rings is 1. The number of nitrogens with zero attached hydrogens (tertiary/aromatic N) is 3. The number of amides is 1. The lowest BCUT2D eigenvalue weighted by atomic mass is 9.56. The molecule has 2 N–H and O–H groups in total. The molecule has 0 radical (unpaired) electrons. The SMILES string of the molecule is N#Cc1ccc2c(c1)[C@]13CCN(CC4CC4)[C@H](C2)[C@]1(O)CC(C(=O)NCCN1CCOCC1)C3. The van der Waals surface area contributed by atoms with Crippen LogP contribution < -0.4 is 5.32 Å². The Morgan fingerprint density at radius 3 is 2.82 bits per heavy atom. The summed E-state index contributed by atoms with van der Waals surface area (Å²) in [6.07, 6.45) is 5.43. The second kappa shape index (κ2) is 8.60. The van der Waals surface area contributed by atoms with E-state index in [1.807, 2.05) is 12.1 Å². The minimum atomic E-state index is -0.923. The lowest BCUT2D eigenvalue weighted by Gasteiger charge is -2.59. The van der Waals surface area contributed by atoms with Crippen molar-refractivity contribution in [3.63, 3.8) is 0 Å². The van der Waals surface area contributed by atoms with E-state index < -0.39 is 11.0 Å². The minimum Gasteiger partial charge on any atom is -0.387 e. The molecule has 2 saturated heterocycles. The molecule has 34 heavy (non-hydrogen) atoms. The monoisotopic (exact) mass is 464 g/mol. The quantitative estimate of drug-likeness (QED) is 0.662. The number of hydrogen-bond acceptors (Lipinski definition) is 6. The number of carbonyl (C=O) groups is 1. The van der Waals surface area contributed by atoms with Crippen molar-refractivity contribution in [2.75, 3.05) is 52.5 Å². The number of nitrogens with one attached hydrogen (secondary N) is 1. The largest absolute Gasteiger partial charge is 0.387 e. The lowest BCUT2D eigenvalue weighted by molar-refractivity contribution is -0.134. The van der Waals surface area contributed by atoms with Gasteiger partial charge in [0, 0.05) is 50.1 Å². The maximum atomic E-state index is 13.3. The Morgan fingerprint density at radius 1 is 1.24 bits per heavy atom. The third-order valence-electron chi connectivity index (χ3n) is 9.36. The maximum Gasteiger partial charge on any atom is 0.223 e. The smallest absolute Gasteiger partial charge is 0.223 e. The number of fused-ring (bicyclic) bond motifs is 1. The molecule has 7 heteroatoms. The van der Waals surface area contributed by atoms with Crippen LogP contribution >= 0.6 is 0 Å². The Balaban J connectivity index is 1.25. The molecular weight excluding hydrogens is 428 g/mol. The Hall–Kier alpha value is -1.98. The lowest BCUT2D eigenvalue weighted by Crippen LogP contribution is -2.69. The summed E-state index contributed by atoms with van der Waals surface area (Å²) >= 11 is 0. The van der Waals surface area contributed by atoms with E-state index in [4.69, 9.17) is 4.74 Å². The number of aliphatic hydroxyl groups is 1. The van der Waals surface area contributed by atoms with Gasteiger partial charge in [0.1, 0.15) is 0 Å². The second-order valence-electron chi connectivity index (χ2n) is 11.2. The van der Waals surface area contributed by atoms with E-state index in [0.717, 1.165) is 70.3 Å². The van der Waals surface area contributed by atoms with Crippen LogP contribution in [0.1, 0.15) is 48.8 Å². The van der Waals surface area contributed by atoms with E-state index in [1.54, 1.807) is 0 Å². The Labute approximate surface area is 202 Å². The third-order valence-corrected chi connectivity index (χ3v) is 9.36. The summed E-state index contributed by atoms with van der Waals surface area (Å²) in [4.78, 5) is 18.2. The van der Waals surface area contributed by atoms with Gasteiger partial charge in [-0.25, -0.2) is 0 Å². The topological polar surface area (TPSA) is 88.8 Å². The van der Waals surface area contributed by atoms with Gasteiger partial charge in [0.05, 0.1) is 30.4 Å². The molecule has 1 aromatic rings. The molecule has 5 aliphatic rings. The van der Waals surface area contributed by atoms with E-state index in [9.17, 15) is 15.2 Å². The predicted octanol–water partition coefficient (Wildman–Crippen LogP) is 1.43. The van der Waals surface area contributed by atoms with Crippen LogP contribution in [0, 0.1) is 23.2 Å². The van der Waals surface area contributed by atoms with E-state index in [-0.39, 0.29) is 17.9 Å². The van der Waals surface area contributed by atoms with Crippen molar-refractivity contribution in [1.29, 1.82) is 5.26 Å². The first kappa shape index (κ1) is 22.5. The van der Waals surface area contributed by atoms with E-state index in [1.165, 1.54) is 18.4 Å². The summed E-state index contributed by atoms with van der Waals surface area (Å²) in [5.41, 5.74) is 1.66. The highest BCUT2D eigenvalue weighted by molar-refractivity contribution is 5.80. The molecule has 1 unspecified atom stereocenters. The molecule has 6 rings (SSSR count). The van der Waals surface area contributed by atoms with Crippen LogP contribution in [0.4, 0.5) is 0 Å². The molecule has 182 valence electrons. The molecule has 1 aromatic carbocycles. The van der Waals surface area contributed by atoms with Crippen molar-refractivity contribution in [3.05, 3.63) is 34.9 Å². The van der Waals surface area contributed by atoms with Crippen LogP contribution in [0.2, 0.25) is 0 Å². The van der Waals surface area contributed by atoms with Gasteiger partial charge >= 0.3 is 0 Å². The molecule has 2 saturated carbocycles. The van der Waals surface area contributed by atoms with Crippen LogP contribution in [0.15, 0.2) is 18.2 Å². The molecular formula is C27H36N4O3. The van der Waals surface area contributed by atoms with Crippen LogP contribution in [-0.4, -0.2) is 84.9 Å². The first-order valence-corrected chi connectivity index (χ1v) is 13.1. The van der Waals surface area contributed by atoms with E-state index in [2.05, 4.69) is 27.3 Å². The van der Waals surface area contributed by atoms with Crippen LogP contribution in [-0.2, 0) is 21.4 Å². The molecule has 3 aliphatic carbocycles. The van der Waals surface area contributed by atoms with Gasteiger partial charge in [0.25, 0.3) is 0 Å². The van der Waals surface area contributed by atoms with Crippen molar-refractivity contribution in [2.45, 2.75) is 55.6 Å². The first-order chi connectivity index (χ1) is 16.5. The number of piperidine rings is 1. The van der Waals surface area contributed by atoms with Gasteiger partial charge in [-0.2, -0.15) is 5.26 Å². The standard InChI is InChI=1S/C27H36N4O3/c28-17-20-3-4-21-14-24-27(33)16-22(25(32)29-6-8-30-9-11-34-12-10-30)15-26(27,23(21)13-20)5-7-31(24)18-19-1-2-19/h3-4,13,19,22,24,33H,1-2,5-12,14-16,18H2,(H,29,32)/t22?,24-,26-,27-/m1/s1. The number of likely N-dealkylation sites (tertiary alicyclic amines) is 1. The van der Waals surface area contributed by atoms with Crippen molar-refractivity contribution >= 4 is 5.91 Å². The third kappa shape index (κ3) is 3.67. The average Bonchev–Trinajstić information content (AvgIpc) is 3.60. The van der Waals surface area contributed by atoms with Crippen molar-refractivity contribution in [1.82, 2.24) is 15.1 Å². The number of carbonyl (C=O) groups excluding carboxylic acids is 1. The highest BCUT2D eigenvalue weighted by Gasteiger charge is 2.68. The molecule has 2 bridgehead atoms. The van der Waals surface area contributed by atoms with Crippen LogP contribution in [0.5, 0.6) is 0 Å². The van der Waals surface area contributed by atoms with E-state index in [0.29, 0.717) is 24.9 Å². The van der Waals surface area contributed by atoms with Gasteiger partial charge in [-0.3, -0.25) is 14.6 Å². The molecule has 2 aliphatic heterocycles. The molecule has 2 heterocycles. The summed E-state index contributed by atoms with van der Waals surface area (Å²) in [6.45, 7) is 6.84. The molecule has 0 aromatic heterocycles. The van der Waals surface area contributed by atoms with Crippen LogP contribution in [0.3, 0.4) is 0 Å². The zero-order valence-electron chi connectivity index (χ0n) is 20.0. The maximum absolute atomic E-state index is 13.3. The van der Waals surface area contributed by atoms with Gasteiger partial charge in [0.15, 0.2) is 0 Å². The fourth-order valence-corrected chi connectivity index (χ4v) is 7.40. The van der Waals surface area contributed by atoms with Gasteiger partial charge < -0.3 is 15.2 Å². The highest BCUT2D eigenvalue weighted by atomic mass is 16.5. The zero-order chi connectivity index (χ0) is 23.3. The Morgan fingerprint density at radius 2 is 2.06 bits per heavy atom. The molecule has 0 spiro atoms. The second-order valence-corrected chi connectivity index (χ2v) is 11.2. The number of ether oxygens (including phenoxy) is 1. The van der Waals surface area contributed by atoms with E-state index >= 15 is 0 Å². The average molecular weight is 465 g/mol. The summed E-state index contributed by atoms with van der Waals surface area (Å²) in [7, 11) is 0. The van der Waals surface area contributed by atoms with Gasteiger partial charge in [0.2, 0.25) is 5.91 Å². The summed E-state index contributed by atoms with van der Waals surface area (Å²) in [5.74, 6) is 0.636. The predicted molar refractivity (Wildman–Crippen MR) is 127 cm³/mol. The van der Waals surface area contributed by atoms with Gasteiger partial charge in [-0.05, 0) is 74.2 Å². The fourth-order valence-electron chi connectivity index (χ4n) is 7.40. The zero-order valence-corrected chi connectivity index (χ0v) is 20.0. The summed E-state index contributed by atoms with van der Waals surface area (Å²) < 4.78 is 5.41. The van der Waals surface area contributed by atoms with Gasteiger partial charge in [-0.15, -0.1) is 0 Å². The Kier molecular flexibility index (Phi) is 5.69. The molecule has 7 nitrogen and oxygen atoms in total. The van der Waals surface area contributed by atoms with Crippen molar-refractivity contribution in [2.24, 2.45) is 11.8 Å². The number of morpholine rings is 1. The normalized spacial score (nSPS) is 35.3. The number of rotatable bonds is 6. The minimum absolute atomic E-state index is 0.0495. The summed E-state index contributed by atoms with van der Waals surface area (Å²) in [6, 6.07) is 8.35. The molecule has 1 amide bonds. The Bertz CT molecular complexity index is 998. The molecule has 4 atom stereocenters. The van der Waals surface area contributed by atoms with Gasteiger partial charge in [-0.1, -0.05) is 6.07 Å². The fraction of sp³-hybridized carbons (Fsp3) is 0.704. The number of hydrogen-bond donors (Lipinski definition) is 2. The van der Waals surface area contributed by atoms with Crippen LogP contribution in [0.25, 0.3) is 0 Å².